The Morgan fingerprint density at radius 1 is 1.57 bits per heavy atom. The fourth-order valence-corrected chi connectivity index (χ4v) is 3.37. The molecule has 0 spiro atoms. The maximum absolute atomic E-state index is 3.40. The zero-order chi connectivity index (χ0) is 10.2. The molecule has 0 saturated heterocycles. The third-order valence-corrected chi connectivity index (χ3v) is 4.44. The van der Waals surface area contributed by atoms with Crippen LogP contribution in [0.15, 0.2) is 11.4 Å². The van der Waals surface area contributed by atoms with Gasteiger partial charge in [0, 0.05) is 10.9 Å². The number of nitrogens with one attached hydrogen (secondary N) is 1. The lowest BCUT2D eigenvalue weighted by Gasteiger charge is -2.23. The molecule has 78 valence electrons. The van der Waals surface area contributed by atoms with Crippen LogP contribution in [0.5, 0.6) is 0 Å². The van der Waals surface area contributed by atoms with Crippen molar-refractivity contribution in [3.63, 3.8) is 0 Å². The van der Waals surface area contributed by atoms with Gasteiger partial charge in [-0.15, -0.1) is 11.3 Å². The number of rotatable bonds is 2. The zero-order valence-corrected chi connectivity index (χ0v) is 10.1. The van der Waals surface area contributed by atoms with Crippen LogP contribution in [0.3, 0.4) is 0 Å². The smallest absolute Gasteiger partial charge is 0.00727 e. The van der Waals surface area contributed by atoms with Crippen molar-refractivity contribution in [3.05, 3.63) is 21.9 Å². The Balaban J connectivity index is 2.18. The second kappa shape index (κ2) is 3.67. The zero-order valence-electron chi connectivity index (χ0n) is 9.26. The minimum Gasteiger partial charge on any atom is -0.317 e. The molecule has 1 aromatic heterocycles. The predicted molar refractivity (Wildman–Crippen MR) is 63.1 cm³/mol. The standard InChI is InChI=1S/C12H19NS/c1-9-6-10(8-14-9)12(2)5-4-11(7-12)13-3/h6,8,11,13H,4-5,7H2,1-3H3. The molecule has 2 unspecified atom stereocenters. The van der Waals surface area contributed by atoms with Crippen LogP contribution in [-0.2, 0) is 5.41 Å². The summed E-state index contributed by atoms with van der Waals surface area (Å²) in [4.78, 5) is 1.44. The van der Waals surface area contributed by atoms with E-state index in [-0.39, 0.29) is 0 Å². The molecule has 2 atom stereocenters. The van der Waals surface area contributed by atoms with E-state index in [1.807, 2.05) is 11.3 Å². The lowest BCUT2D eigenvalue weighted by Crippen LogP contribution is -2.25. The summed E-state index contributed by atoms with van der Waals surface area (Å²) in [6.07, 6.45) is 3.94. The van der Waals surface area contributed by atoms with Gasteiger partial charge in [0.05, 0.1) is 0 Å². The first-order valence-corrected chi connectivity index (χ1v) is 6.25. The molecule has 0 radical (unpaired) electrons. The van der Waals surface area contributed by atoms with Crippen LogP contribution in [-0.4, -0.2) is 13.1 Å². The summed E-state index contributed by atoms with van der Waals surface area (Å²) < 4.78 is 0. The Bertz CT molecular complexity index is 318. The molecule has 0 aliphatic heterocycles. The van der Waals surface area contributed by atoms with E-state index in [0.29, 0.717) is 5.41 Å². The molecule has 0 bridgehead atoms. The molecule has 1 aliphatic rings. The first kappa shape index (κ1) is 10.2. The molecule has 0 aromatic carbocycles. The molecular formula is C12H19NS. The van der Waals surface area contributed by atoms with E-state index in [1.54, 1.807) is 5.56 Å². The lowest BCUT2D eigenvalue weighted by atomic mass is 9.82. The molecule has 1 fully saturated rings. The van der Waals surface area contributed by atoms with Gasteiger partial charge in [0.25, 0.3) is 0 Å². The van der Waals surface area contributed by atoms with Crippen LogP contribution in [0.25, 0.3) is 0 Å². The first-order chi connectivity index (χ1) is 6.64. The van der Waals surface area contributed by atoms with Crippen LogP contribution < -0.4 is 5.32 Å². The van der Waals surface area contributed by atoms with Gasteiger partial charge < -0.3 is 5.32 Å². The number of aryl methyl sites for hydroxylation is 1. The SMILES string of the molecule is CNC1CCC(C)(c2csc(C)c2)C1. The van der Waals surface area contributed by atoms with E-state index < -0.39 is 0 Å². The van der Waals surface area contributed by atoms with Gasteiger partial charge in [0.1, 0.15) is 0 Å². The second-order valence-corrected chi connectivity index (χ2v) is 5.85. The highest BCUT2D eigenvalue weighted by molar-refractivity contribution is 7.10. The van der Waals surface area contributed by atoms with Gasteiger partial charge in [0.15, 0.2) is 0 Å². The molecule has 1 nitrogen and oxygen atoms in total. The monoisotopic (exact) mass is 209 g/mol. The maximum atomic E-state index is 3.40. The van der Waals surface area contributed by atoms with Gasteiger partial charge in [-0.05, 0) is 55.7 Å². The molecule has 1 aromatic rings. The third kappa shape index (κ3) is 1.73. The highest BCUT2D eigenvalue weighted by Crippen LogP contribution is 2.42. The summed E-state index contributed by atoms with van der Waals surface area (Å²) in [6.45, 7) is 4.61. The molecule has 2 rings (SSSR count). The highest BCUT2D eigenvalue weighted by Gasteiger charge is 2.36. The topological polar surface area (TPSA) is 12.0 Å². The predicted octanol–water partition coefficient (Wildman–Crippen LogP) is 3.09. The van der Waals surface area contributed by atoms with E-state index in [2.05, 4.69) is 37.7 Å². The van der Waals surface area contributed by atoms with Crippen molar-refractivity contribution in [2.45, 2.75) is 44.6 Å². The van der Waals surface area contributed by atoms with Crippen molar-refractivity contribution in [1.82, 2.24) is 5.32 Å². The largest absolute Gasteiger partial charge is 0.317 e. The van der Waals surface area contributed by atoms with E-state index in [0.717, 1.165) is 6.04 Å². The van der Waals surface area contributed by atoms with E-state index >= 15 is 0 Å². The molecule has 1 heterocycles. The Hall–Kier alpha value is -0.340. The maximum Gasteiger partial charge on any atom is 0.00727 e. The van der Waals surface area contributed by atoms with Crippen molar-refractivity contribution >= 4 is 11.3 Å². The summed E-state index contributed by atoms with van der Waals surface area (Å²) in [5.74, 6) is 0. The summed E-state index contributed by atoms with van der Waals surface area (Å²) in [7, 11) is 2.08. The molecule has 2 heteroatoms. The average molecular weight is 209 g/mol. The van der Waals surface area contributed by atoms with Crippen molar-refractivity contribution < 1.29 is 0 Å². The van der Waals surface area contributed by atoms with Crippen LogP contribution in [0.4, 0.5) is 0 Å². The van der Waals surface area contributed by atoms with E-state index in [9.17, 15) is 0 Å². The summed E-state index contributed by atoms with van der Waals surface area (Å²) in [6, 6.07) is 3.09. The van der Waals surface area contributed by atoms with E-state index in [1.165, 1.54) is 24.1 Å². The number of hydrogen-bond acceptors (Lipinski definition) is 2. The lowest BCUT2D eigenvalue weighted by molar-refractivity contribution is 0.468. The van der Waals surface area contributed by atoms with Crippen LogP contribution >= 0.6 is 11.3 Å². The minimum absolute atomic E-state index is 0.429. The summed E-state index contributed by atoms with van der Waals surface area (Å²) >= 11 is 1.88. The third-order valence-electron chi connectivity index (χ3n) is 3.58. The van der Waals surface area contributed by atoms with Crippen LogP contribution in [0.2, 0.25) is 0 Å². The van der Waals surface area contributed by atoms with Gasteiger partial charge in [0.2, 0.25) is 0 Å². The summed E-state index contributed by atoms with van der Waals surface area (Å²) in [5, 5.41) is 5.74. The summed E-state index contributed by atoms with van der Waals surface area (Å²) in [5.41, 5.74) is 1.98. The Morgan fingerprint density at radius 2 is 2.36 bits per heavy atom. The Labute approximate surface area is 90.5 Å². The Morgan fingerprint density at radius 3 is 2.86 bits per heavy atom. The van der Waals surface area contributed by atoms with E-state index in [4.69, 9.17) is 0 Å². The van der Waals surface area contributed by atoms with Crippen molar-refractivity contribution in [1.29, 1.82) is 0 Å². The van der Waals surface area contributed by atoms with Gasteiger partial charge in [-0.1, -0.05) is 6.92 Å². The van der Waals surface area contributed by atoms with Gasteiger partial charge in [-0.2, -0.15) is 0 Å². The molecule has 14 heavy (non-hydrogen) atoms. The second-order valence-electron chi connectivity index (χ2n) is 4.74. The van der Waals surface area contributed by atoms with Crippen molar-refractivity contribution in [3.8, 4) is 0 Å². The number of thiophene rings is 1. The normalized spacial score (nSPS) is 32.4. The number of hydrogen-bond donors (Lipinski definition) is 1. The average Bonchev–Trinajstić information content (AvgIpc) is 2.73. The highest BCUT2D eigenvalue weighted by atomic mass is 32.1. The van der Waals surface area contributed by atoms with Gasteiger partial charge >= 0.3 is 0 Å². The molecule has 1 saturated carbocycles. The fraction of sp³-hybridized carbons (Fsp3) is 0.667. The quantitative estimate of drug-likeness (QED) is 0.789. The van der Waals surface area contributed by atoms with Crippen molar-refractivity contribution in [2.24, 2.45) is 0 Å². The Kier molecular flexibility index (Phi) is 2.67. The van der Waals surface area contributed by atoms with Gasteiger partial charge in [-0.25, -0.2) is 0 Å². The van der Waals surface area contributed by atoms with Crippen LogP contribution in [0, 0.1) is 6.92 Å². The fourth-order valence-electron chi connectivity index (χ4n) is 2.51. The van der Waals surface area contributed by atoms with Crippen LogP contribution in [0.1, 0.15) is 36.6 Å². The molecule has 0 amide bonds. The molecular weight excluding hydrogens is 190 g/mol. The molecule has 1 aliphatic carbocycles. The first-order valence-electron chi connectivity index (χ1n) is 5.37. The van der Waals surface area contributed by atoms with Gasteiger partial charge in [-0.3, -0.25) is 0 Å². The molecule has 1 N–H and O–H groups in total. The minimum atomic E-state index is 0.429. The van der Waals surface area contributed by atoms with Crippen molar-refractivity contribution in [2.75, 3.05) is 7.05 Å².